The molecule has 0 aliphatic rings. The van der Waals surface area contributed by atoms with E-state index in [9.17, 15) is 8.42 Å². The Kier molecular flexibility index (Phi) is 4.67. The van der Waals surface area contributed by atoms with Crippen molar-refractivity contribution in [3.63, 3.8) is 0 Å². The summed E-state index contributed by atoms with van der Waals surface area (Å²) in [6.07, 6.45) is 0. The van der Waals surface area contributed by atoms with Crippen molar-refractivity contribution in [3.05, 3.63) is 41.0 Å². The molecule has 0 spiro atoms. The summed E-state index contributed by atoms with van der Waals surface area (Å²) in [5.74, 6) is 1.46. The van der Waals surface area contributed by atoms with Crippen LogP contribution in [0.2, 0.25) is 0 Å². The minimum Gasteiger partial charge on any atom is -0.246 e. The lowest BCUT2D eigenvalue weighted by molar-refractivity contribution is 0.466. The number of nitrogens with zero attached hydrogens (tertiary/aromatic N) is 3. The Bertz CT molecular complexity index is 781. The largest absolute Gasteiger partial charge is 0.246 e. The van der Waals surface area contributed by atoms with E-state index in [2.05, 4.69) is 14.8 Å². The van der Waals surface area contributed by atoms with Gasteiger partial charge < -0.3 is 0 Å². The molecular weight excluding hydrogens is 300 g/mol. The van der Waals surface area contributed by atoms with E-state index in [4.69, 9.17) is 0 Å². The Hall–Kier alpha value is -1.73. The van der Waals surface area contributed by atoms with Gasteiger partial charge >= 0.3 is 0 Å². The first-order valence-electron chi connectivity index (χ1n) is 7.17. The van der Waals surface area contributed by atoms with E-state index in [0.29, 0.717) is 10.7 Å². The zero-order chi connectivity index (χ0) is 16.5. The van der Waals surface area contributed by atoms with Crippen LogP contribution in [0.5, 0.6) is 0 Å². The van der Waals surface area contributed by atoms with E-state index < -0.39 is 10.0 Å². The molecule has 0 amide bonds. The number of aromatic nitrogens is 3. The Balaban J connectivity index is 2.14. The van der Waals surface area contributed by atoms with Crippen molar-refractivity contribution < 1.29 is 8.42 Å². The van der Waals surface area contributed by atoms with Gasteiger partial charge in [-0.15, -0.1) is 0 Å². The minimum absolute atomic E-state index is 0.110. The topological polar surface area (TPSA) is 76.9 Å². The van der Waals surface area contributed by atoms with Gasteiger partial charge in [0.25, 0.3) is 0 Å². The summed E-state index contributed by atoms with van der Waals surface area (Å²) >= 11 is 0. The second-order valence-electron chi connectivity index (χ2n) is 5.62. The first-order valence-corrected chi connectivity index (χ1v) is 8.65. The molecule has 1 aromatic carbocycles. The van der Waals surface area contributed by atoms with Crippen LogP contribution in [-0.2, 0) is 10.0 Å². The van der Waals surface area contributed by atoms with Gasteiger partial charge in [0.15, 0.2) is 0 Å². The molecule has 0 aliphatic carbocycles. The first kappa shape index (κ1) is 16.6. The average molecular weight is 322 g/mol. The third kappa shape index (κ3) is 3.53. The first-order chi connectivity index (χ1) is 10.2. The van der Waals surface area contributed by atoms with Crippen LogP contribution in [0.15, 0.2) is 23.1 Å². The van der Waals surface area contributed by atoms with E-state index in [-0.39, 0.29) is 12.6 Å². The van der Waals surface area contributed by atoms with Gasteiger partial charge in [-0.3, -0.25) is 0 Å². The second kappa shape index (κ2) is 6.18. The molecule has 22 heavy (non-hydrogen) atoms. The lowest BCUT2D eigenvalue weighted by Gasteiger charge is -2.15. The molecule has 6 nitrogen and oxygen atoms in total. The molecule has 0 radical (unpaired) electrons. The molecule has 1 heterocycles. The lowest BCUT2D eigenvalue weighted by atomic mass is 10.2. The van der Waals surface area contributed by atoms with Gasteiger partial charge in [-0.2, -0.15) is 5.10 Å². The van der Waals surface area contributed by atoms with E-state index in [0.717, 1.165) is 17.0 Å². The molecule has 120 valence electrons. The number of benzene rings is 1. The molecule has 1 atom stereocenters. The Morgan fingerprint density at radius 1 is 1.23 bits per heavy atom. The van der Waals surface area contributed by atoms with Gasteiger partial charge in [0.05, 0.1) is 10.9 Å². The average Bonchev–Trinajstić information content (AvgIpc) is 2.74. The van der Waals surface area contributed by atoms with Crippen LogP contribution in [0.1, 0.15) is 35.7 Å². The molecule has 0 saturated heterocycles. The summed E-state index contributed by atoms with van der Waals surface area (Å²) in [6.45, 7) is 9.58. The van der Waals surface area contributed by atoms with Crippen LogP contribution in [0, 0.1) is 27.7 Å². The number of sulfonamides is 1. The van der Waals surface area contributed by atoms with Gasteiger partial charge in [-0.1, -0.05) is 17.7 Å². The highest BCUT2D eigenvalue weighted by molar-refractivity contribution is 7.89. The van der Waals surface area contributed by atoms with Crippen LogP contribution in [0.4, 0.5) is 0 Å². The molecule has 7 heteroatoms. The van der Waals surface area contributed by atoms with Gasteiger partial charge in [0.1, 0.15) is 11.6 Å². The molecule has 0 aliphatic heterocycles. The summed E-state index contributed by atoms with van der Waals surface area (Å²) < 4.78 is 29.3. The third-order valence-corrected chi connectivity index (χ3v) is 5.10. The fraction of sp³-hybridized carbons (Fsp3) is 0.467. The smallest absolute Gasteiger partial charge is 0.240 e. The van der Waals surface area contributed by atoms with Crippen LogP contribution < -0.4 is 4.72 Å². The lowest BCUT2D eigenvalue weighted by Crippen LogP contribution is -2.31. The highest BCUT2D eigenvalue weighted by Crippen LogP contribution is 2.17. The van der Waals surface area contributed by atoms with Crippen LogP contribution in [-0.4, -0.2) is 29.7 Å². The van der Waals surface area contributed by atoms with Crippen molar-refractivity contribution in [2.75, 3.05) is 6.54 Å². The normalized spacial score (nSPS) is 13.3. The van der Waals surface area contributed by atoms with E-state index >= 15 is 0 Å². The predicted molar refractivity (Wildman–Crippen MR) is 85.3 cm³/mol. The zero-order valence-corrected chi connectivity index (χ0v) is 14.4. The molecule has 2 rings (SSSR count). The fourth-order valence-electron chi connectivity index (χ4n) is 2.45. The fourth-order valence-corrected chi connectivity index (χ4v) is 3.80. The quantitative estimate of drug-likeness (QED) is 0.914. The summed E-state index contributed by atoms with van der Waals surface area (Å²) in [4.78, 5) is 4.55. The van der Waals surface area contributed by atoms with Crippen LogP contribution in [0.3, 0.4) is 0 Å². The van der Waals surface area contributed by atoms with Gasteiger partial charge in [-0.25, -0.2) is 22.8 Å². The predicted octanol–water partition coefficient (Wildman–Crippen LogP) is 2.05. The maximum absolute atomic E-state index is 12.4. The molecule has 1 aromatic heterocycles. The van der Waals surface area contributed by atoms with Crippen LogP contribution in [0.25, 0.3) is 0 Å². The summed E-state index contributed by atoms with van der Waals surface area (Å²) in [7, 11) is -3.53. The molecule has 0 saturated carbocycles. The van der Waals surface area contributed by atoms with Crippen molar-refractivity contribution >= 4 is 10.0 Å². The molecular formula is C15H22N4O2S. The second-order valence-corrected chi connectivity index (χ2v) is 7.36. The molecule has 0 unspecified atom stereocenters. The zero-order valence-electron chi connectivity index (χ0n) is 13.6. The minimum atomic E-state index is -3.53. The molecule has 0 fully saturated rings. The van der Waals surface area contributed by atoms with Gasteiger partial charge in [0, 0.05) is 6.54 Å². The standard InChI is InChI=1S/C15H22N4O2S/c1-10-6-7-15(11(2)8-10)22(20,21)16-9-12(3)19-14(5)17-13(4)18-19/h6-8,12,16H,9H2,1-5H3/t12-/m0/s1. The summed E-state index contributed by atoms with van der Waals surface area (Å²) in [6, 6.07) is 5.20. The van der Waals surface area contributed by atoms with Gasteiger partial charge in [-0.05, 0) is 46.2 Å². The third-order valence-electron chi connectivity index (χ3n) is 3.51. The highest BCUT2D eigenvalue weighted by Gasteiger charge is 2.19. The van der Waals surface area contributed by atoms with E-state index in [1.807, 2.05) is 33.8 Å². The van der Waals surface area contributed by atoms with E-state index in [1.165, 1.54) is 0 Å². The molecule has 1 N–H and O–H groups in total. The van der Waals surface area contributed by atoms with Crippen molar-refractivity contribution in [1.82, 2.24) is 19.5 Å². The Morgan fingerprint density at radius 3 is 2.45 bits per heavy atom. The number of nitrogens with one attached hydrogen (secondary N) is 1. The Labute approximate surface area is 131 Å². The van der Waals surface area contributed by atoms with Crippen molar-refractivity contribution in [1.29, 1.82) is 0 Å². The summed E-state index contributed by atoms with van der Waals surface area (Å²) in [5.41, 5.74) is 1.78. The Morgan fingerprint density at radius 2 is 1.91 bits per heavy atom. The summed E-state index contributed by atoms with van der Waals surface area (Å²) in [5, 5.41) is 4.28. The number of aryl methyl sites for hydroxylation is 4. The number of rotatable bonds is 5. The number of hydrogen-bond acceptors (Lipinski definition) is 4. The number of hydrogen-bond donors (Lipinski definition) is 1. The maximum Gasteiger partial charge on any atom is 0.240 e. The monoisotopic (exact) mass is 322 g/mol. The maximum atomic E-state index is 12.4. The van der Waals surface area contributed by atoms with Crippen molar-refractivity contribution in [2.45, 2.75) is 45.6 Å². The van der Waals surface area contributed by atoms with Crippen molar-refractivity contribution in [3.8, 4) is 0 Å². The van der Waals surface area contributed by atoms with Gasteiger partial charge in [0.2, 0.25) is 10.0 Å². The molecule has 2 aromatic rings. The van der Waals surface area contributed by atoms with Crippen LogP contribution >= 0.6 is 0 Å². The SMILES string of the molecule is Cc1ccc(S(=O)(=O)NC[C@H](C)n2nc(C)nc2C)c(C)c1. The van der Waals surface area contributed by atoms with Crippen molar-refractivity contribution in [2.24, 2.45) is 0 Å². The van der Waals surface area contributed by atoms with E-state index in [1.54, 1.807) is 23.7 Å². The molecule has 0 bridgehead atoms. The highest BCUT2D eigenvalue weighted by atomic mass is 32.2.